The number of fused-ring (bicyclic) bond motifs is 2. The van der Waals surface area contributed by atoms with Crippen LogP contribution in [-0.2, 0) is 4.79 Å². The average Bonchev–Trinajstić information content (AvgIpc) is 2.16. The van der Waals surface area contributed by atoms with Gasteiger partial charge in [-0.05, 0) is 31.3 Å². The fourth-order valence-corrected chi connectivity index (χ4v) is 2.39. The summed E-state index contributed by atoms with van der Waals surface area (Å²) in [5, 5.41) is 3.33. The highest BCUT2D eigenvalue weighted by atomic mass is 19.1. The number of carbonyl (C=O) groups is 1. The number of hydrogen-bond acceptors (Lipinski definition) is 2. The average molecular weight is 186 g/mol. The van der Waals surface area contributed by atoms with E-state index in [9.17, 15) is 9.18 Å². The lowest BCUT2D eigenvalue weighted by molar-refractivity contribution is -0.135. The van der Waals surface area contributed by atoms with Gasteiger partial charge in [-0.3, -0.25) is 4.79 Å². The Hall–Kier alpha value is -0.640. The summed E-state index contributed by atoms with van der Waals surface area (Å²) in [7, 11) is 0. The van der Waals surface area contributed by atoms with Crippen molar-refractivity contribution in [2.45, 2.75) is 6.42 Å². The molecule has 2 bridgehead atoms. The molecule has 0 spiro atoms. The molecule has 1 N–H and O–H groups in total. The standard InChI is InChI=1S/C9H15FN2O/c10-2-9(13)12-5-7-1-8(6-12)4-11-3-7/h7-8,11H,1-6H2. The van der Waals surface area contributed by atoms with Gasteiger partial charge in [0.2, 0.25) is 0 Å². The van der Waals surface area contributed by atoms with Gasteiger partial charge < -0.3 is 10.2 Å². The molecule has 0 saturated carbocycles. The van der Waals surface area contributed by atoms with Crippen LogP contribution in [0.2, 0.25) is 0 Å². The first-order valence-electron chi connectivity index (χ1n) is 4.84. The predicted molar refractivity (Wildman–Crippen MR) is 47.0 cm³/mol. The van der Waals surface area contributed by atoms with E-state index in [-0.39, 0.29) is 5.91 Å². The molecular weight excluding hydrogens is 171 g/mol. The molecular formula is C9H15FN2O. The molecule has 2 heterocycles. The maximum atomic E-state index is 12.1. The lowest BCUT2D eigenvalue weighted by Gasteiger charge is -2.41. The lowest BCUT2D eigenvalue weighted by atomic mass is 9.86. The van der Waals surface area contributed by atoms with Gasteiger partial charge >= 0.3 is 0 Å². The SMILES string of the molecule is O=C(CF)N1CC2CNCC(C2)C1. The van der Waals surface area contributed by atoms with Crippen molar-refractivity contribution in [3.05, 3.63) is 0 Å². The minimum atomic E-state index is -0.840. The van der Waals surface area contributed by atoms with E-state index < -0.39 is 6.67 Å². The van der Waals surface area contributed by atoms with Gasteiger partial charge in [-0.2, -0.15) is 0 Å². The number of hydrogen-bond donors (Lipinski definition) is 1. The van der Waals surface area contributed by atoms with E-state index in [2.05, 4.69) is 5.32 Å². The van der Waals surface area contributed by atoms with Crippen molar-refractivity contribution >= 4 is 5.91 Å². The van der Waals surface area contributed by atoms with Gasteiger partial charge in [-0.25, -0.2) is 4.39 Å². The largest absolute Gasteiger partial charge is 0.340 e. The van der Waals surface area contributed by atoms with E-state index in [1.165, 1.54) is 6.42 Å². The Morgan fingerprint density at radius 2 is 2.00 bits per heavy atom. The van der Waals surface area contributed by atoms with E-state index in [0.29, 0.717) is 11.8 Å². The van der Waals surface area contributed by atoms with Crippen LogP contribution in [0, 0.1) is 11.8 Å². The number of halogens is 1. The minimum Gasteiger partial charge on any atom is -0.340 e. The normalized spacial score (nSPS) is 33.2. The molecule has 1 amide bonds. The third-order valence-electron chi connectivity index (χ3n) is 2.96. The number of nitrogens with one attached hydrogen (secondary N) is 1. The fourth-order valence-electron chi connectivity index (χ4n) is 2.39. The molecule has 2 rings (SSSR count). The van der Waals surface area contributed by atoms with Gasteiger partial charge in [0.15, 0.2) is 6.67 Å². The van der Waals surface area contributed by atoms with Crippen LogP contribution in [0.1, 0.15) is 6.42 Å². The van der Waals surface area contributed by atoms with Crippen molar-refractivity contribution in [1.29, 1.82) is 0 Å². The molecule has 0 aromatic carbocycles. The Labute approximate surface area is 77.3 Å². The van der Waals surface area contributed by atoms with Crippen molar-refractivity contribution in [2.75, 3.05) is 32.9 Å². The summed E-state index contributed by atoms with van der Waals surface area (Å²) in [5.41, 5.74) is 0. The molecule has 13 heavy (non-hydrogen) atoms. The zero-order valence-corrected chi connectivity index (χ0v) is 7.63. The molecule has 2 aliphatic rings. The first kappa shape index (κ1) is 8.94. The summed E-state index contributed by atoms with van der Waals surface area (Å²) in [6, 6.07) is 0. The van der Waals surface area contributed by atoms with Gasteiger partial charge in [0.05, 0.1) is 0 Å². The van der Waals surface area contributed by atoms with Crippen molar-refractivity contribution in [2.24, 2.45) is 11.8 Å². The molecule has 0 aromatic rings. The Morgan fingerprint density at radius 3 is 2.54 bits per heavy atom. The molecule has 0 aromatic heterocycles. The Morgan fingerprint density at radius 1 is 1.38 bits per heavy atom. The quantitative estimate of drug-likeness (QED) is 0.626. The van der Waals surface area contributed by atoms with Crippen molar-refractivity contribution in [1.82, 2.24) is 10.2 Å². The Bertz CT molecular complexity index is 198. The van der Waals surface area contributed by atoms with Crippen LogP contribution in [0.3, 0.4) is 0 Å². The number of piperidine rings is 2. The van der Waals surface area contributed by atoms with Crippen LogP contribution >= 0.6 is 0 Å². The Kier molecular flexibility index (Phi) is 2.49. The molecule has 74 valence electrons. The first-order valence-corrected chi connectivity index (χ1v) is 4.84. The minimum absolute atomic E-state index is 0.336. The molecule has 0 aliphatic carbocycles. The first-order chi connectivity index (χ1) is 6.29. The van der Waals surface area contributed by atoms with Crippen LogP contribution < -0.4 is 5.32 Å². The number of nitrogens with zero attached hydrogens (tertiary/aromatic N) is 1. The monoisotopic (exact) mass is 186 g/mol. The van der Waals surface area contributed by atoms with Gasteiger partial charge in [-0.1, -0.05) is 0 Å². The van der Waals surface area contributed by atoms with Crippen LogP contribution in [0.15, 0.2) is 0 Å². The van der Waals surface area contributed by atoms with Crippen molar-refractivity contribution in [3.63, 3.8) is 0 Å². The number of alkyl halides is 1. The number of amides is 1. The summed E-state index contributed by atoms with van der Waals surface area (Å²) < 4.78 is 12.1. The van der Waals surface area contributed by atoms with Crippen LogP contribution in [0.4, 0.5) is 4.39 Å². The highest BCUT2D eigenvalue weighted by molar-refractivity contribution is 5.77. The summed E-state index contributed by atoms with van der Waals surface area (Å²) >= 11 is 0. The van der Waals surface area contributed by atoms with Gasteiger partial charge in [0, 0.05) is 13.1 Å². The third kappa shape index (κ3) is 1.82. The molecule has 4 heteroatoms. The highest BCUT2D eigenvalue weighted by Crippen LogP contribution is 2.24. The fraction of sp³-hybridized carbons (Fsp3) is 0.889. The van der Waals surface area contributed by atoms with E-state index in [1.807, 2.05) is 0 Å². The lowest BCUT2D eigenvalue weighted by Crippen LogP contribution is -2.53. The second kappa shape index (κ2) is 3.62. The van der Waals surface area contributed by atoms with E-state index in [0.717, 1.165) is 26.2 Å². The second-order valence-electron chi connectivity index (χ2n) is 4.06. The number of likely N-dealkylation sites (tertiary alicyclic amines) is 1. The Balaban J connectivity index is 1.97. The van der Waals surface area contributed by atoms with Crippen LogP contribution in [-0.4, -0.2) is 43.7 Å². The van der Waals surface area contributed by atoms with Crippen molar-refractivity contribution in [3.8, 4) is 0 Å². The summed E-state index contributed by atoms with van der Waals surface area (Å²) in [4.78, 5) is 12.8. The second-order valence-corrected chi connectivity index (χ2v) is 4.06. The number of rotatable bonds is 1. The molecule has 2 saturated heterocycles. The third-order valence-corrected chi connectivity index (χ3v) is 2.96. The van der Waals surface area contributed by atoms with E-state index in [1.54, 1.807) is 4.90 Å². The molecule has 3 nitrogen and oxygen atoms in total. The molecule has 2 fully saturated rings. The molecule has 2 atom stereocenters. The van der Waals surface area contributed by atoms with E-state index in [4.69, 9.17) is 0 Å². The van der Waals surface area contributed by atoms with Gasteiger partial charge in [-0.15, -0.1) is 0 Å². The molecule has 2 unspecified atom stereocenters. The highest BCUT2D eigenvalue weighted by Gasteiger charge is 2.32. The topological polar surface area (TPSA) is 32.3 Å². The maximum Gasteiger partial charge on any atom is 0.253 e. The molecule has 2 aliphatic heterocycles. The summed E-state index contributed by atoms with van der Waals surface area (Å²) in [6.45, 7) is 2.60. The smallest absolute Gasteiger partial charge is 0.253 e. The van der Waals surface area contributed by atoms with Crippen molar-refractivity contribution < 1.29 is 9.18 Å². The zero-order chi connectivity index (χ0) is 9.26. The molecule has 0 radical (unpaired) electrons. The summed E-state index contributed by atoms with van der Waals surface area (Å²) in [6.07, 6.45) is 1.20. The zero-order valence-electron chi connectivity index (χ0n) is 7.63. The van der Waals surface area contributed by atoms with Crippen LogP contribution in [0.5, 0.6) is 0 Å². The van der Waals surface area contributed by atoms with Crippen LogP contribution in [0.25, 0.3) is 0 Å². The van der Waals surface area contributed by atoms with Gasteiger partial charge in [0.25, 0.3) is 5.91 Å². The summed E-state index contributed by atoms with van der Waals surface area (Å²) in [5.74, 6) is 0.752. The maximum absolute atomic E-state index is 12.1. The predicted octanol–water partition coefficient (Wildman–Crippen LogP) is 0.0238. The van der Waals surface area contributed by atoms with E-state index >= 15 is 0 Å². The number of carbonyl (C=O) groups excluding carboxylic acids is 1. The van der Waals surface area contributed by atoms with Gasteiger partial charge in [0.1, 0.15) is 0 Å².